The van der Waals surface area contributed by atoms with Crippen LogP contribution in [0.5, 0.6) is 0 Å². The van der Waals surface area contributed by atoms with Crippen LogP contribution in [0.2, 0.25) is 0 Å². The smallest absolute Gasteiger partial charge is 0.316 e. The van der Waals surface area contributed by atoms with Crippen molar-refractivity contribution in [3.05, 3.63) is 101 Å². The lowest BCUT2D eigenvalue weighted by Crippen LogP contribution is -2.54. The first-order valence-electron chi connectivity index (χ1n) is 14.1. The monoisotopic (exact) mass is 546 g/mol. The van der Waals surface area contributed by atoms with Gasteiger partial charge in [0.1, 0.15) is 12.3 Å². The molecule has 0 saturated carbocycles. The van der Waals surface area contributed by atoms with Gasteiger partial charge in [-0.3, -0.25) is 15.2 Å². The van der Waals surface area contributed by atoms with Crippen LogP contribution in [-0.2, 0) is 0 Å². The molecule has 0 aromatic heterocycles. The van der Waals surface area contributed by atoms with Gasteiger partial charge in [0.2, 0.25) is 0 Å². The minimum atomic E-state index is -2.58. The number of nitrogens with zero attached hydrogens (tertiary/aromatic N) is 2. The minimum Gasteiger partial charge on any atom is -0.382 e. The van der Waals surface area contributed by atoms with Gasteiger partial charge in [-0.05, 0) is 80.2 Å². The number of hydrogen-bond donors (Lipinski definition) is 2. The highest BCUT2D eigenvalue weighted by molar-refractivity contribution is 6.12. The predicted octanol–water partition coefficient (Wildman–Crippen LogP) is 8.18. The number of anilines is 2. The van der Waals surface area contributed by atoms with Gasteiger partial charge in [0, 0.05) is 41.5 Å². The molecule has 2 N–H and O–H groups in total. The number of alkyl halides is 3. The number of allylic oxidation sites excluding steroid dienone is 1. The van der Waals surface area contributed by atoms with E-state index in [1.807, 2.05) is 75.4 Å². The second-order valence-corrected chi connectivity index (χ2v) is 10.8. The van der Waals surface area contributed by atoms with Gasteiger partial charge in [0.05, 0.1) is 11.4 Å². The molecule has 1 saturated heterocycles. The number of rotatable bonds is 8. The Morgan fingerprint density at radius 1 is 0.975 bits per heavy atom. The maximum atomic E-state index is 14.2. The summed E-state index contributed by atoms with van der Waals surface area (Å²) in [6.45, 7) is 4.63. The zero-order valence-electron chi connectivity index (χ0n) is 23.3. The van der Waals surface area contributed by atoms with Crippen molar-refractivity contribution in [2.45, 2.75) is 65.0 Å². The van der Waals surface area contributed by atoms with E-state index in [0.717, 1.165) is 40.8 Å². The van der Waals surface area contributed by atoms with Crippen LogP contribution in [0.4, 0.5) is 24.5 Å². The Hall–Kier alpha value is -3.58. The molecule has 5 rings (SSSR count). The molecule has 40 heavy (non-hydrogen) atoms. The summed E-state index contributed by atoms with van der Waals surface area (Å²) in [6.07, 6.45) is 2.56. The molecule has 0 bridgehead atoms. The summed E-state index contributed by atoms with van der Waals surface area (Å²) in [5.41, 5.74) is 6.93. The lowest BCUT2D eigenvalue weighted by Gasteiger charge is -2.45. The van der Waals surface area contributed by atoms with Crippen molar-refractivity contribution in [2.24, 2.45) is 0 Å². The molecular weight excluding hydrogens is 509 g/mol. The third-order valence-electron chi connectivity index (χ3n) is 8.17. The molecule has 2 heterocycles. The summed E-state index contributed by atoms with van der Waals surface area (Å²) in [5, 5.41) is 12.4. The maximum Gasteiger partial charge on any atom is 0.316 e. The molecule has 0 aliphatic carbocycles. The number of halogens is 3. The van der Waals surface area contributed by atoms with Crippen molar-refractivity contribution in [1.29, 1.82) is 5.41 Å². The Labute approximate surface area is 235 Å². The maximum absolute atomic E-state index is 14.2. The molecule has 2 aliphatic heterocycles. The van der Waals surface area contributed by atoms with Crippen LogP contribution in [-0.4, -0.2) is 42.5 Å². The van der Waals surface area contributed by atoms with Crippen LogP contribution >= 0.6 is 0 Å². The molecule has 210 valence electrons. The molecule has 0 spiro atoms. The first-order chi connectivity index (χ1) is 19.3. The number of aryl methyl sites for hydroxylation is 1. The van der Waals surface area contributed by atoms with E-state index in [-0.39, 0.29) is 6.04 Å². The molecule has 7 heteroatoms. The van der Waals surface area contributed by atoms with Crippen molar-refractivity contribution in [3.8, 4) is 0 Å². The van der Waals surface area contributed by atoms with E-state index >= 15 is 0 Å². The van der Waals surface area contributed by atoms with Crippen molar-refractivity contribution >= 4 is 22.7 Å². The topological polar surface area (TPSA) is 42.4 Å². The fourth-order valence-electron chi connectivity index (χ4n) is 5.93. The van der Waals surface area contributed by atoms with E-state index in [4.69, 9.17) is 5.41 Å². The molecule has 3 aromatic rings. The fourth-order valence-corrected chi connectivity index (χ4v) is 5.93. The summed E-state index contributed by atoms with van der Waals surface area (Å²) in [4.78, 5) is 3.38. The molecule has 0 radical (unpaired) electrons. The van der Waals surface area contributed by atoms with Gasteiger partial charge in [0.25, 0.3) is 0 Å². The number of piperidine rings is 1. The number of hydrogen-bond acceptors (Lipinski definition) is 4. The number of likely N-dealkylation sites (tertiary alicyclic amines) is 1. The predicted molar refractivity (Wildman–Crippen MR) is 158 cm³/mol. The van der Waals surface area contributed by atoms with Gasteiger partial charge in [-0.15, -0.1) is 0 Å². The molecule has 1 fully saturated rings. The van der Waals surface area contributed by atoms with Crippen LogP contribution in [0.15, 0.2) is 72.8 Å². The van der Waals surface area contributed by atoms with Crippen molar-refractivity contribution < 1.29 is 13.2 Å². The summed E-state index contributed by atoms with van der Waals surface area (Å²) < 4.78 is 42.7. The Kier molecular flexibility index (Phi) is 8.31. The first kappa shape index (κ1) is 28.0. The Balaban J connectivity index is 1.23. The van der Waals surface area contributed by atoms with Crippen LogP contribution < -0.4 is 10.2 Å². The first-order valence-corrected chi connectivity index (χ1v) is 14.1. The number of fused-ring (bicyclic) bond motifs is 1. The molecule has 0 amide bonds. The zero-order valence-corrected chi connectivity index (χ0v) is 23.3. The van der Waals surface area contributed by atoms with Crippen LogP contribution in [0.3, 0.4) is 0 Å². The Bertz CT molecular complexity index is 1390. The number of para-hydroxylation sites is 1. The van der Waals surface area contributed by atoms with Crippen molar-refractivity contribution in [2.75, 3.05) is 23.3 Å². The van der Waals surface area contributed by atoms with E-state index in [1.165, 1.54) is 4.90 Å². The second kappa shape index (κ2) is 11.9. The average molecular weight is 547 g/mol. The molecule has 2 unspecified atom stereocenters. The van der Waals surface area contributed by atoms with Crippen molar-refractivity contribution in [1.82, 2.24) is 4.90 Å². The minimum absolute atomic E-state index is 0.231. The van der Waals surface area contributed by atoms with Crippen molar-refractivity contribution in [3.63, 3.8) is 0 Å². The standard InChI is InChI=1S/C33H37F3N4/c1-4-29(34)23-8-7-9-24(20-23)32(37)28-13-12-26(18-21(28)2)38-25-14-16-39(17-15-25)31-19-22(3)27-10-5-6-11-30(27)40(31)33(35)36/h5-13,18-20,25,29,31,33,37-38H,4,14-17H2,1-3H3. The van der Waals surface area contributed by atoms with Gasteiger partial charge in [-0.1, -0.05) is 49.4 Å². The summed E-state index contributed by atoms with van der Waals surface area (Å²) >= 11 is 0. The third-order valence-corrected chi connectivity index (χ3v) is 8.17. The summed E-state index contributed by atoms with van der Waals surface area (Å²) in [5.74, 6) is 0. The third kappa shape index (κ3) is 5.66. The van der Waals surface area contributed by atoms with Gasteiger partial charge in [-0.2, -0.15) is 8.78 Å². The fraction of sp³-hybridized carbons (Fsp3) is 0.364. The lowest BCUT2D eigenvalue weighted by atomic mass is 9.95. The van der Waals surface area contributed by atoms with E-state index < -0.39 is 18.9 Å². The van der Waals surface area contributed by atoms with Crippen LogP contribution in [0.1, 0.15) is 67.1 Å². The average Bonchev–Trinajstić information content (AvgIpc) is 2.96. The highest BCUT2D eigenvalue weighted by Crippen LogP contribution is 2.37. The summed E-state index contributed by atoms with van der Waals surface area (Å²) in [7, 11) is 0. The second-order valence-electron chi connectivity index (χ2n) is 10.8. The molecule has 2 atom stereocenters. The van der Waals surface area contributed by atoms with Crippen LogP contribution in [0, 0.1) is 12.3 Å². The highest BCUT2D eigenvalue weighted by Gasteiger charge is 2.36. The summed E-state index contributed by atoms with van der Waals surface area (Å²) in [6, 6.07) is 20.8. The normalized spacial score (nSPS) is 18.8. The Morgan fingerprint density at radius 3 is 2.42 bits per heavy atom. The quantitative estimate of drug-likeness (QED) is 0.221. The van der Waals surface area contributed by atoms with E-state index in [1.54, 1.807) is 18.2 Å². The van der Waals surface area contributed by atoms with Gasteiger partial charge in [-0.25, -0.2) is 4.39 Å². The zero-order chi connectivity index (χ0) is 28.4. The van der Waals surface area contributed by atoms with Crippen LogP contribution in [0.25, 0.3) is 5.57 Å². The Morgan fingerprint density at radius 2 is 1.73 bits per heavy atom. The molecular formula is C33H37F3N4. The van der Waals surface area contributed by atoms with Gasteiger partial charge >= 0.3 is 6.55 Å². The number of nitrogens with one attached hydrogen (secondary N) is 2. The largest absolute Gasteiger partial charge is 0.382 e. The van der Waals surface area contributed by atoms with E-state index in [2.05, 4.69) is 10.2 Å². The molecule has 2 aliphatic rings. The SMILES string of the molecule is CCC(F)c1cccc(C(=N)c2ccc(NC3CCN(C4C=C(C)c5ccccc5N4C(F)F)CC3)cc2C)c1. The van der Waals surface area contributed by atoms with E-state index in [0.29, 0.717) is 42.0 Å². The highest BCUT2D eigenvalue weighted by atomic mass is 19.3. The van der Waals surface area contributed by atoms with Gasteiger partial charge < -0.3 is 5.32 Å². The molecule has 3 aromatic carbocycles. The lowest BCUT2D eigenvalue weighted by molar-refractivity contribution is 0.0885. The van der Waals surface area contributed by atoms with E-state index in [9.17, 15) is 13.2 Å². The molecule has 4 nitrogen and oxygen atoms in total. The van der Waals surface area contributed by atoms with Gasteiger partial charge in [0.15, 0.2) is 0 Å². The number of benzene rings is 3.